The van der Waals surface area contributed by atoms with E-state index in [1.807, 2.05) is 19.9 Å². The van der Waals surface area contributed by atoms with E-state index in [2.05, 4.69) is 4.72 Å². The van der Waals surface area contributed by atoms with E-state index in [-0.39, 0.29) is 17.4 Å². The number of rotatable bonds is 4. The molecule has 0 saturated carbocycles. The van der Waals surface area contributed by atoms with Gasteiger partial charge in [-0.05, 0) is 49.2 Å². The Morgan fingerprint density at radius 2 is 1.73 bits per heavy atom. The molecule has 1 N–H and O–H groups in total. The van der Waals surface area contributed by atoms with E-state index in [0.717, 1.165) is 11.1 Å². The summed E-state index contributed by atoms with van der Waals surface area (Å²) in [6, 6.07) is 9.87. The molecular weight excluding hydrogens is 408 g/mol. The Hall–Kier alpha value is -2.78. The molecule has 1 unspecified atom stereocenters. The first kappa shape index (κ1) is 20.5. The maximum atomic E-state index is 12.8. The predicted octanol–water partition coefficient (Wildman–Crippen LogP) is 2.10. The lowest BCUT2D eigenvalue weighted by molar-refractivity contribution is -0.145. The zero-order valence-electron chi connectivity index (χ0n) is 16.9. The summed E-state index contributed by atoms with van der Waals surface area (Å²) in [6.45, 7) is 5.89. The number of benzene rings is 2. The highest BCUT2D eigenvalue weighted by molar-refractivity contribution is 7.92. The van der Waals surface area contributed by atoms with Crippen molar-refractivity contribution in [3.8, 4) is 11.5 Å². The summed E-state index contributed by atoms with van der Waals surface area (Å²) >= 11 is 0. The van der Waals surface area contributed by atoms with Crippen LogP contribution in [-0.2, 0) is 19.6 Å². The van der Waals surface area contributed by atoms with Crippen LogP contribution in [0.5, 0.6) is 11.5 Å². The van der Waals surface area contributed by atoms with Crippen molar-refractivity contribution in [3.05, 3.63) is 47.5 Å². The number of anilines is 1. The first-order valence-electron chi connectivity index (χ1n) is 9.73. The average Bonchev–Trinajstić information content (AvgIpc) is 2.72. The van der Waals surface area contributed by atoms with E-state index in [9.17, 15) is 13.2 Å². The van der Waals surface area contributed by atoms with E-state index in [1.165, 1.54) is 18.2 Å². The van der Waals surface area contributed by atoms with Crippen molar-refractivity contribution in [1.29, 1.82) is 0 Å². The molecule has 0 aliphatic carbocycles. The first-order valence-corrected chi connectivity index (χ1v) is 11.2. The Bertz CT molecular complexity index is 1040. The van der Waals surface area contributed by atoms with E-state index >= 15 is 0 Å². The number of sulfonamides is 1. The summed E-state index contributed by atoms with van der Waals surface area (Å²) < 4.78 is 44.9. The number of hydrogen-bond acceptors (Lipinski definition) is 6. The van der Waals surface area contributed by atoms with Gasteiger partial charge in [-0.1, -0.05) is 6.07 Å². The highest BCUT2D eigenvalue weighted by atomic mass is 32.2. The van der Waals surface area contributed by atoms with Gasteiger partial charge in [0, 0.05) is 24.8 Å². The van der Waals surface area contributed by atoms with Crippen LogP contribution in [0.4, 0.5) is 5.69 Å². The van der Waals surface area contributed by atoms with Crippen LogP contribution in [0, 0.1) is 13.8 Å². The molecule has 2 aromatic carbocycles. The largest absolute Gasteiger partial charge is 0.485 e. The van der Waals surface area contributed by atoms with Crippen molar-refractivity contribution in [2.24, 2.45) is 0 Å². The third-order valence-corrected chi connectivity index (χ3v) is 6.34. The van der Waals surface area contributed by atoms with Gasteiger partial charge in [-0.25, -0.2) is 8.42 Å². The number of aryl methyl sites for hydroxylation is 2. The predicted molar refractivity (Wildman–Crippen MR) is 110 cm³/mol. The van der Waals surface area contributed by atoms with E-state index in [1.54, 1.807) is 17.0 Å². The lowest BCUT2D eigenvalue weighted by Gasteiger charge is -2.32. The maximum Gasteiger partial charge on any atom is 0.267 e. The zero-order chi connectivity index (χ0) is 21.3. The minimum Gasteiger partial charge on any atom is -0.485 e. The minimum atomic E-state index is -3.80. The highest BCUT2D eigenvalue weighted by Crippen LogP contribution is 2.34. The summed E-state index contributed by atoms with van der Waals surface area (Å²) in [7, 11) is -3.80. The molecule has 160 valence electrons. The van der Waals surface area contributed by atoms with Crippen LogP contribution < -0.4 is 14.2 Å². The molecule has 8 nitrogen and oxygen atoms in total. The van der Waals surface area contributed by atoms with E-state index < -0.39 is 16.1 Å². The molecule has 0 spiro atoms. The van der Waals surface area contributed by atoms with Crippen LogP contribution in [0.1, 0.15) is 11.1 Å². The standard InChI is InChI=1S/C21H24N2O6S/c1-14-9-15(2)11-16(10-14)22-30(25,26)17-3-4-18-19(12-17)28-13-20(29-18)21(24)23-5-7-27-8-6-23/h3-4,9-12,20,22H,5-8,13H2,1-2H3. The van der Waals surface area contributed by atoms with Gasteiger partial charge in [0.15, 0.2) is 11.5 Å². The van der Waals surface area contributed by atoms with Gasteiger partial charge in [-0.3, -0.25) is 9.52 Å². The molecule has 2 aromatic rings. The van der Waals surface area contributed by atoms with Crippen molar-refractivity contribution in [3.63, 3.8) is 0 Å². The number of nitrogens with one attached hydrogen (secondary N) is 1. The second kappa shape index (κ2) is 8.16. The molecule has 2 aliphatic rings. The number of nitrogens with zero attached hydrogens (tertiary/aromatic N) is 1. The smallest absolute Gasteiger partial charge is 0.267 e. The van der Waals surface area contributed by atoms with Gasteiger partial charge >= 0.3 is 0 Å². The SMILES string of the molecule is Cc1cc(C)cc(NS(=O)(=O)c2ccc3c(c2)OCC(C(=O)N2CCOCC2)O3)c1. The molecule has 1 amide bonds. The van der Waals surface area contributed by atoms with Crippen molar-refractivity contribution in [2.45, 2.75) is 24.8 Å². The molecule has 30 heavy (non-hydrogen) atoms. The third-order valence-electron chi connectivity index (χ3n) is 4.96. The molecule has 0 bridgehead atoms. The minimum absolute atomic E-state index is 0.0250. The topological polar surface area (TPSA) is 94.2 Å². The number of ether oxygens (including phenoxy) is 3. The Labute approximate surface area is 175 Å². The fourth-order valence-corrected chi connectivity index (χ4v) is 4.63. The van der Waals surface area contributed by atoms with Crippen molar-refractivity contribution >= 4 is 21.6 Å². The van der Waals surface area contributed by atoms with Gasteiger partial charge in [-0.15, -0.1) is 0 Å². The fourth-order valence-electron chi connectivity index (χ4n) is 3.58. The van der Waals surface area contributed by atoms with Crippen LogP contribution >= 0.6 is 0 Å². The van der Waals surface area contributed by atoms with Crippen LogP contribution in [-0.4, -0.2) is 58.2 Å². The quantitative estimate of drug-likeness (QED) is 0.795. The van der Waals surface area contributed by atoms with Crippen LogP contribution in [0.25, 0.3) is 0 Å². The molecular formula is C21H24N2O6S. The van der Waals surface area contributed by atoms with Crippen molar-refractivity contribution in [2.75, 3.05) is 37.6 Å². The zero-order valence-corrected chi connectivity index (χ0v) is 17.7. The Balaban J connectivity index is 1.50. The van der Waals surface area contributed by atoms with Crippen molar-refractivity contribution < 1.29 is 27.4 Å². The summed E-state index contributed by atoms with van der Waals surface area (Å²) in [5, 5.41) is 0. The molecule has 1 atom stereocenters. The molecule has 4 rings (SSSR count). The van der Waals surface area contributed by atoms with Gasteiger partial charge in [-0.2, -0.15) is 0 Å². The summed E-state index contributed by atoms with van der Waals surface area (Å²) in [4.78, 5) is 14.4. The molecule has 2 heterocycles. The molecule has 0 radical (unpaired) electrons. The first-order chi connectivity index (χ1) is 14.3. The van der Waals surface area contributed by atoms with Gasteiger partial charge in [0.1, 0.15) is 6.61 Å². The van der Waals surface area contributed by atoms with Crippen molar-refractivity contribution in [1.82, 2.24) is 4.90 Å². The number of amides is 1. The second-order valence-corrected chi connectivity index (χ2v) is 9.13. The Kier molecular flexibility index (Phi) is 5.57. The maximum absolute atomic E-state index is 12.8. The lowest BCUT2D eigenvalue weighted by atomic mass is 10.1. The number of fused-ring (bicyclic) bond motifs is 1. The molecule has 2 aliphatic heterocycles. The monoisotopic (exact) mass is 432 g/mol. The Morgan fingerprint density at radius 1 is 1.03 bits per heavy atom. The molecule has 1 fully saturated rings. The molecule has 0 aromatic heterocycles. The number of morpholine rings is 1. The lowest BCUT2D eigenvalue weighted by Crippen LogP contribution is -2.50. The van der Waals surface area contributed by atoms with Gasteiger partial charge in [0.05, 0.1) is 18.1 Å². The number of carbonyl (C=O) groups is 1. The Morgan fingerprint density at radius 3 is 2.43 bits per heavy atom. The van der Waals surface area contributed by atoms with Gasteiger partial charge in [0.25, 0.3) is 15.9 Å². The van der Waals surface area contributed by atoms with E-state index in [0.29, 0.717) is 43.5 Å². The molecule has 9 heteroatoms. The molecule has 1 saturated heterocycles. The summed E-state index contributed by atoms with van der Waals surface area (Å²) in [6.07, 6.45) is -0.758. The highest BCUT2D eigenvalue weighted by Gasteiger charge is 2.32. The van der Waals surface area contributed by atoms with Gasteiger partial charge < -0.3 is 19.1 Å². The summed E-state index contributed by atoms with van der Waals surface area (Å²) in [5.41, 5.74) is 2.43. The summed E-state index contributed by atoms with van der Waals surface area (Å²) in [5.74, 6) is 0.486. The average molecular weight is 432 g/mol. The van der Waals surface area contributed by atoms with Crippen LogP contribution in [0.2, 0.25) is 0 Å². The number of hydrogen-bond donors (Lipinski definition) is 1. The van der Waals surface area contributed by atoms with Gasteiger partial charge in [0.2, 0.25) is 6.10 Å². The fraction of sp³-hybridized carbons (Fsp3) is 0.381. The van der Waals surface area contributed by atoms with Crippen LogP contribution in [0.3, 0.4) is 0 Å². The number of carbonyl (C=O) groups excluding carboxylic acids is 1. The second-order valence-electron chi connectivity index (χ2n) is 7.45. The third kappa shape index (κ3) is 4.36. The normalized spacial score (nSPS) is 18.7. The van der Waals surface area contributed by atoms with E-state index in [4.69, 9.17) is 14.2 Å². The van der Waals surface area contributed by atoms with Crippen LogP contribution in [0.15, 0.2) is 41.3 Å².